The maximum absolute atomic E-state index is 10.4. The van der Waals surface area contributed by atoms with E-state index in [1.54, 1.807) is 0 Å². The van der Waals surface area contributed by atoms with E-state index in [1.807, 2.05) is 0 Å². The molecule has 0 aromatic heterocycles. The van der Waals surface area contributed by atoms with E-state index in [1.165, 1.54) is 19.3 Å². The maximum Gasteiger partial charge on any atom is 0.120 e. The van der Waals surface area contributed by atoms with Gasteiger partial charge in [-0.2, -0.15) is 0 Å². The van der Waals surface area contributed by atoms with Crippen LogP contribution in [0.5, 0.6) is 0 Å². The predicted molar refractivity (Wildman–Crippen MR) is 75.5 cm³/mol. The fourth-order valence-corrected chi connectivity index (χ4v) is 4.13. The van der Waals surface area contributed by atoms with E-state index in [4.69, 9.17) is 14.6 Å². The first-order valence-electron chi connectivity index (χ1n) is 8.34. The zero-order valence-corrected chi connectivity index (χ0v) is 12.3. The summed E-state index contributed by atoms with van der Waals surface area (Å²) in [6, 6.07) is 0. The molecule has 4 heteroatoms. The Hall–Kier alpha value is -0.160. The smallest absolute Gasteiger partial charge is 0.120 e. The van der Waals surface area contributed by atoms with Crippen LogP contribution in [0.25, 0.3) is 0 Å². The molecule has 0 aromatic rings. The number of fused-ring (bicyclic) bond motifs is 1. The monoisotopic (exact) mass is 284 g/mol. The van der Waals surface area contributed by atoms with Gasteiger partial charge >= 0.3 is 0 Å². The van der Waals surface area contributed by atoms with Gasteiger partial charge in [0.2, 0.25) is 0 Å². The van der Waals surface area contributed by atoms with Crippen LogP contribution in [0.3, 0.4) is 0 Å². The first-order chi connectivity index (χ1) is 9.76. The van der Waals surface area contributed by atoms with Crippen LogP contribution in [0.2, 0.25) is 0 Å². The SMILES string of the molecule is OCCCCC(O)C12CCC(C3CCCCO3)CC1O2. The van der Waals surface area contributed by atoms with Crippen molar-refractivity contribution >= 4 is 0 Å². The number of aliphatic hydroxyl groups excluding tert-OH is 2. The van der Waals surface area contributed by atoms with Gasteiger partial charge in [-0.1, -0.05) is 0 Å². The van der Waals surface area contributed by atoms with Crippen LogP contribution >= 0.6 is 0 Å². The lowest BCUT2D eigenvalue weighted by Crippen LogP contribution is -2.40. The third-order valence-electron chi connectivity index (χ3n) is 5.46. The van der Waals surface area contributed by atoms with Crippen LogP contribution in [-0.2, 0) is 9.47 Å². The van der Waals surface area contributed by atoms with Crippen LogP contribution in [-0.4, -0.2) is 47.3 Å². The fourth-order valence-electron chi connectivity index (χ4n) is 4.13. The van der Waals surface area contributed by atoms with Gasteiger partial charge in [-0.25, -0.2) is 0 Å². The van der Waals surface area contributed by atoms with Crippen LogP contribution in [0.15, 0.2) is 0 Å². The zero-order valence-electron chi connectivity index (χ0n) is 12.3. The number of aliphatic hydroxyl groups is 2. The Bertz CT molecular complexity index is 316. The number of epoxide rings is 1. The highest BCUT2D eigenvalue weighted by molar-refractivity contribution is 5.11. The lowest BCUT2D eigenvalue weighted by atomic mass is 9.75. The van der Waals surface area contributed by atoms with Crippen molar-refractivity contribution in [1.82, 2.24) is 0 Å². The second kappa shape index (κ2) is 6.30. The van der Waals surface area contributed by atoms with Gasteiger partial charge in [-0.15, -0.1) is 0 Å². The zero-order chi connectivity index (χ0) is 14.0. The largest absolute Gasteiger partial charge is 0.396 e. The van der Waals surface area contributed by atoms with E-state index in [-0.39, 0.29) is 24.4 Å². The normalized spacial score (nSPS) is 42.0. The molecule has 0 aromatic carbocycles. The molecule has 5 atom stereocenters. The molecule has 3 aliphatic rings. The number of unbranched alkanes of at least 4 members (excludes halogenated alkanes) is 1. The topological polar surface area (TPSA) is 62.2 Å². The molecule has 2 heterocycles. The lowest BCUT2D eigenvalue weighted by Gasteiger charge is -2.34. The highest BCUT2D eigenvalue weighted by Gasteiger charge is 2.63. The number of hydrogen-bond acceptors (Lipinski definition) is 4. The van der Waals surface area contributed by atoms with Gasteiger partial charge in [0.15, 0.2) is 0 Å². The van der Waals surface area contributed by atoms with E-state index >= 15 is 0 Å². The first-order valence-corrected chi connectivity index (χ1v) is 8.34. The Morgan fingerprint density at radius 3 is 2.80 bits per heavy atom. The van der Waals surface area contributed by atoms with Crippen molar-refractivity contribution in [1.29, 1.82) is 0 Å². The van der Waals surface area contributed by atoms with Gasteiger partial charge in [0.05, 0.1) is 18.3 Å². The van der Waals surface area contributed by atoms with Gasteiger partial charge in [-0.3, -0.25) is 0 Å². The molecule has 1 aliphatic carbocycles. The minimum Gasteiger partial charge on any atom is -0.396 e. The summed E-state index contributed by atoms with van der Waals surface area (Å²) >= 11 is 0. The summed E-state index contributed by atoms with van der Waals surface area (Å²) < 4.78 is 11.8. The average molecular weight is 284 g/mol. The quantitative estimate of drug-likeness (QED) is 0.578. The molecule has 0 radical (unpaired) electrons. The second-order valence-corrected chi connectivity index (χ2v) is 6.74. The molecule has 3 rings (SSSR count). The molecule has 20 heavy (non-hydrogen) atoms. The molecule has 3 fully saturated rings. The van der Waals surface area contributed by atoms with E-state index in [9.17, 15) is 5.11 Å². The molecule has 0 spiro atoms. The van der Waals surface area contributed by atoms with Gasteiger partial charge < -0.3 is 19.7 Å². The number of hydrogen-bond donors (Lipinski definition) is 2. The summed E-state index contributed by atoms with van der Waals surface area (Å²) in [6.45, 7) is 1.13. The Labute approximate surface area is 121 Å². The van der Waals surface area contributed by atoms with Crippen molar-refractivity contribution in [2.24, 2.45) is 5.92 Å². The first kappa shape index (κ1) is 14.8. The molecule has 0 amide bonds. The molecule has 1 saturated carbocycles. The van der Waals surface area contributed by atoms with E-state index in [2.05, 4.69) is 0 Å². The average Bonchev–Trinajstić information content (AvgIpc) is 3.23. The summed E-state index contributed by atoms with van der Waals surface area (Å²) in [5.41, 5.74) is -0.249. The molecule has 0 bridgehead atoms. The summed E-state index contributed by atoms with van der Waals surface area (Å²) in [6.07, 6.45) is 9.58. The summed E-state index contributed by atoms with van der Waals surface area (Å²) in [7, 11) is 0. The highest BCUT2D eigenvalue weighted by atomic mass is 16.6. The van der Waals surface area contributed by atoms with Crippen molar-refractivity contribution in [3.8, 4) is 0 Å². The Kier molecular flexibility index (Phi) is 4.65. The van der Waals surface area contributed by atoms with Crippen LogP contribution < -0.4 is 0 Å². The fraction of sp³-hybridized carbons (Fsp3) is 1.00. The van der Waals surface area contributed by atoms with Crippen LogP contribution in [0, 0.1) is 5.92 Å². The van der Waals surface area contributed by atoms with Crippen LogP contribution in [0.4, 0.5) is 0 Å². The molecular weight excluding hydrogens is 256 g/mol. The number of rotatable bonds is 6. The number of ether oxygens (including phenoxy) is 2. The summed E-state index contributed by atoms with van der Waals surface area (Å²) in [5, 5.41) is 19.2. The Balaban J connectivity index is 1.47. The van der Waals surface area contributed by atoms with Gasteiger partial charge in [0, 0.05) is 13.2 Å². The van der Waals surface area contributed by atoms with Crippen molar-refractivity contribution in [2.75, 3.05) is 13.2 Å². The van der Waals surface area contributed by atoms with Gasteiger partial charge in [0.1, 0.15) is 5.60 Å². The second-order valence-electron chi connectivity index (χ2n) is 6.74. The summed E-state index contributed by atoms with van der Waals surface area (Å²) in [4.78, 5) is 0. The minimum absolute atomic E-state index is 0.213. The van der Waals surface area contributed by atoms with Crippen LogP contribution in [0.1, 0.15) is 57.8 Å². The molecule has 2 saturated heterocycles. The molecule has 116 valence electrons. The van der Waals surface area contributed by atoms with Crippen molar-refractivity contribution in [3.05, 3.63) is 0 Å². The van der Waals surface area contributed by atoms with Gasteiger partial charge in [-0.05, 0) is 63.7 Å². The Morgan fingerprint density at radius 2 is 2.10 bits per heavy atom. The lowest BCUT2D eigenvalue weighted by molar-refractivity contribution is -0.0339. The van der Waals surface area contributed by atoms with Gasteiger partial charge in [0.25, 0.3) is 0 Å². The highest BCUT2D eigenvalue weighted by Crippen LogP contribution is 2.53. The molecule has 2 N–H and O–H groups in total. The van der Waals surface area contributed by atoms with Crippen molar-refractivity contribution in [2.45, 2.75) is 81.7 Å². The predicted octanol–water partition coefficient (Wildman–Crippen LogP) is 2.02. The maximum atomic E-state index is 10.4. The molecule has 4 nitrogen and oxygen atoms in total. The summed E-state index contributed by atoms with van der Waals surface area (Å²) in [5.74, 6) is 0.626. The Morgan fingerprint density at radius 1 is 1.20 bits per heavy atom. The minimum atomic E-state index is -0.354. The van der Waals surface area contributed by atoms with Crippen molar-refractivity contribution < 1.29 is 19.7 Å². The van der Waals surface area contributed by atoms with E-state index in [0.29, 0.717) is 12.0 Å². The molecular formula is C16H28O4. The van der Waals surface area contributed by atoms with Crippen molar-refractivity contribution in [3.63, 3.8) is 0 Å². The molecule has 5 unspecified atom stereocenters. The molecule has 2 aliphatic heterocycles. The van der Waals surface area contributed by atoms with E-state index in [0.717, 1.165) is 45.1 Å². The third-order valence-corrected chi connectivity index (χ3v) is 5.46. The van der Waals surface area contributed by atoms with E-state index < -0.39 is 0 Å². The third kappa shape index (κ3) is 2.89. The standard InChI is InChI=1S/C16H28O4/c17-9-3-1-6-14(18)16-8-7-12(11-15(16)20-16)13-5-2-4-10-19-13/h12-15,17-18H,1-11H2.